The molecule has 1 aromatic rings. The number of aliphatic hydroxyl groups is 5. The van der Waals surface area contributed by atoms with E-state index < -0.39 is 97.7 Å². The van der Waals surface area contributed by atoms with E-state index in [1.54, 1.807) is 33.9 Å². The first-order chi connectivity index (χ1) is 32.3. The van der Waals surface area contributed by atoms with E-state index >= 15 is 0 Å². The van der Waals surface area contributed by atoms with Gasteiger partial charge in [-0.05, 0) is 57.9 Å². The molecule has 20 heteroatoms. The van der Waals surface area contributed by atoms with Crippen LogP contribution >= 0.6 is 7.82 Å². The van der Waals surface area contributed by atoms with Crippen molar-refractivity contribution in [2.24, 2.45) is 23.2 Å². The van der Waals surface area contributed by atoms with Crippen molar-refractivity contribution in [3.05, 3.63) is 71.0 Å². The number of rotatable bonds is 26. The number of carbonyl (C=O) groups is 1. The molecular formula is C49H79N4O15P. The van der Waals surface area contributed by atoms with E-state index in [1.165, 1.54) is 26.6 Å². The van der Waals surface area contributed by atoms with Crippen LogP contribution in [0.2, 0.25) is 0 Å². The summed E-state index contributed by atoms with van der Waals surface area (Å²) in [6.45, 7) is 16.6. The molecule has 390 valence electrons. The van der Waals surface area contributed by atoms with Crippen LogP contribution in [0.4, 0.5) is 0 Å². The van der Waals surface area contributed by atoms with E-state index in [9.17, 15) is 44.7 Å². The minimum Gasteiger partial charge on any atom is -0.448 e. The Labute approximate surface area is 407 Å². The second-order valence-electron chi connectivity index (χ2n) is 19.2. The molecule has 0 unspecified atom stereocenters. The average Bonchev–Trinajstić information content (AvgIpc) is 3.84. The second-order valence-corrected chi connectivity index (χ2v) is 20.4. The number of phosphoric ester groups is 1. The number of methoxy groups -OCH3 is 2. The topological polar surface area (TPSA) is 296 Å². The van der Waals surface area contributed by atoms with E-state index in [2.05, 4.69) is 15.6 Å². The maximum Gasteiger partial charge on any atom is 0.469 e. The zero-order chi connectivity index (χ0) is 52.0. The van der Waals surface area contributed by atoms with Crippen LogP contribution < -0.4 is 10.6 Å². The lowest BCUT2D eigenvalue weighted by molar-refractivity contribution is -0.334. The van der Waals surface area contributed by atoms with E-state index in [1.807, 2.05) is 78.0 Å². The lowest BCUT2D eigenvalue weighted by Crippen LogP contribution is -2.58. The van der Waals surface area contributed by atoms with Crippen molar-refractivity contribution in [3.8, 4) is 6.07 Å². The molecule has 2 aliphatic rings. The molecule has 1 spiro atoms. The van der Waals surface area contributed by atoms with E-state index in [0.717, 1.165) is 16.7 Å². The zero-order valence-electron chi connectivity index (χ0n) is 42.2. The Morgan fingerprint density at radius 2 is 1.77 bits per heavy atom. The van der Waals surface area contributed by atoms with Crippen molar-refractivity contribution in [2.45, 2.75) is 161 Å². The fourth-order valence-corrected chi connectivity index (χ4v) is 9.46. The van der Waals surface area contributed by atoms with Gasteiger partial charge in [0.25, 0.3) is 5.91 Å². The van der Waals surface area contributed by atoms with E-state index in [-0.39, 0.29) is 44.2 Å². The van der Waals surface area contributed by atoms with Gasteiger partial charge in [-0.2, -0.15) is 5.26 Å². The highest BCUT2D eigenvalue weighted by atomic mass is 31.2. The summed E-state index contributed by atoms with van der Waals surface area (Å²) in [6.07, 6.45) is 4.07. The van der Waals surface area contributed by atoms with Gasteiger partial charge in [0.2, 0.25) is 0 Å². The number of nitrogens with one attached hydrogen (secondary N) is 2. The molecule has 0 bridgehead atoms. The number of phosphoric acid groups is 1. The molecule has 0 saturated carbocycles. The van der Waals surface area contributed by atoms with Gasteiger partial charge in [0.15, 0.2) is 17.8 Å². The Morgan fingerprint density at radius 3 is 2.38 bits per heavy atom. The van der Waals surface area contributed by atoms with Crippen LogP contribution in [0.15, 0.2) is 63.9 Å². The van der Waals surface area contributed by atoms with Crippen molar-refractivity contribution in [1.82, 2.24) is 15.6 Å². The van der Waals surface area contributed by atoms with Gasteiger partial charge in [-0.25, -0.2) is 9.55 Å². The highest BCUT2D eigenvalue weighted by Crippen LogP contribution is 2.59. The van der Waals surface area contributed by atoms with Gasteiger partial charge in [0, 0.05) is 68.8 Å². The maximum atomic E-state index is 12.5. The average molecular weight is 995 g/mol. The van der Waals surface area contributed by atoms with Gasteiger partial charge in [0.1, 0.15) is 30.3 Å². The number of amides is 1. The predicted molar refractivity (Wildman–Crippen MR) is 258 cm³/mol. The van der Waals surface area contributed by atoms with Gasteiger partial charge < -0.3 is 69.3 Å². The fraction of sp³-hybridized carbons (Fsp3) is 0.694. The Kier molecular flexibility index (Phi) is 23.3. The third-order valence-electron chi connectivity index (χ3n) is 13.8. The van der Waals surface area contributed by atoms with Crippen molar-refractivity contribution in [1.29, 1.82) is 5.26 Å². The first kappa shape index (κ1) is 59.9. The zero-order valence-corrected chi connectivity index (χ0v) is 43.1. The summed E-state index contributed by atoms with van der Waals surface area (Å²) < 4.78 is 48.1. The fourth-order valence-electron chi connectivity index (χ4n) is 8.78. The van der Waals surface area contributed by atoms with Gasteiger partial charge in [0.05, 0.1) is 49.2 Å². The van der Waals surface area contributed by atoms with E-state index in [0.29, 0.717) is 18.0 Å². The number of nitriles is 1. The SMILES string of the molecule is CN[C@H](COC)[C@@H](O)[C@@H](O)C(=O)NCC[C@@H](C)c1nc(/C=C/C[C@H]2O[C@]3(C[C@H](O)[C@H]2C)O[C@@H]([C@@H](C[C@@H](O)[C@@H](C)[C@@H](O)[C@@H](C)/C=C(C)/C(C)=C/C=C/C(C)=C\C#N)OC)[C@@H](OP(=O)(O)O)C3(C)C)co1. The minimum absolute atomic E-state index is 0.0646. The number of ether oxygens (including phenoxy) is 4. The molecule has 3 rings (SSSR count). The molecule has 19 nitrogen and oxygen atoms in total. The molecule has 69 heavy (non-hydrogen) atoms. The van der Waals surface area contributed by atoms with Crippen LogP contribution in [0.25, 0.3) is 6.08 Å². The van der Waals surface area contributed by atoms with Gasteiger partial charge in [-0.3, -0.25) is 9.32 Å². The number of nitrogens with zero attached hydrogens (tertiary/aromatic N) is 2. The van der Waals surface area contributed by atoms with Crippen molar-refractivity contribution in [3.63, 3.8) is 0 Å². The first-order valence-corrected chi connectivity index (χ1v) is 25.0. The number of oxazole rings is 1. The van der Waals surface area contributed by atoms with Crippen LogP contribution in [0.3, 0.4) is 0 Å². The van der Waals surface area contributed by atoms with Crippen molar-refractivity contribution in [2.75, 3.05) is 34.4 Å². The summed E-state index contributed by atoms with van der Waals surface area (Å²) >= 11 is 0. The first-order valence-electron chi connectivity index (χ1n) is 23.5. The Balaban J connectivity index is 1.74. The molecule has 2 aliphatic heterocycles. The van der Waals surface area contributed by atoms with Crippen LogP contribution in [0, 0.1) is 34.5 Å². The summed E-state index contributed by atoms with van der Waals surface area (Å²) in [5.41, 5.74) is 1.87. The molecule has 2 fully saturated rings. The molecule has 0 aromatic carbocycles. The lowest BCUT2D eigenvalue weighted by Gasteiger charge is -2.50. The monoisotopic (exact) mass is 995 g/mol. The van der Waals surface area contributed by atoms with Gasteiger partial charge >= 0.3 is 7.82 Å². The normalized spacial score (nSPS) is 27.7. The lowest BCUT2D eigenvalue weighted by atomic mass is 9.72. The van der Waals surface area contributed by atoms with Crippen molar-refractivity contribution >= 4 is 19.8 Å². The Morgan fingerprint density at radius 1 is 1.09 bits per heavy atom. The van der Waals surface area contributed by atoms with Crippen molar-refractivity contribution < 1.29 is 72.6 Å². The van der Waals surface area contributed by atoms with Crippen LogP contribution in [-0.2, 0) is 32.8 Å². The summed E-state index contributed by atoms with van der Waals surface area (Å²) in [5.74, 6) is -3.64. The smallest absolute Gasteiger partial charge is 0.448 e. The molecule has 2 saturated heterocycles. The van der Waals surface area contributed by atoms with Crippen LogP contribution in [0.1, 0.15) is 105 Å². The number of allylic oxidation sites excluding steroid dienone is 7. The molecule has 1 amide bonds. The molecule has 0 aliphatic carbocycles. The maximum absolute atomic E-state index is 12.5. The summed E-state index contributed by atoms with van der Waals surface area (Å²) in [7, 11) is -0.735. The predicted octanol–water partition coefficient (Wildman–Crippen LogP) is 4.35. The molecule has 15 atom stereocenters. The van der Waals surface area contributed by atoms with Gasteiger partial charge in [-0.15, -0.1) is 0 Å². The molecule has 1 aromatic heterocycles. The Hall–Kier alpha value is -3.42. The number of likely N-dealkylation sites (N-methyl/N-ethyl adjacent to an activating group) is 1. The molecule has 3 heterocycles. The Bertz CT molecular complexity index is 2040. The third-order valence-corrected chi connectivity index (χ3v) is 14.3. The molecule has 9 N–H and O–H groups in total. The summed E-state index contributed by atoms with van der Waals surface area (Å²) in [4.78, 5) is 37.4. The quantitative estimate of drug-likeness (QED) is 0.0354. The number of carbonyl (C=O) groups excluding carboxylic acids is 1. The van der Waals surface area contributed by atoms with E-state index in [4.69, 9.17) is 33.2 Å². The van der Waals surface area contributed by atoms with Crippen LogP contribution in [0.5, 0.6) is 0 Å². The third kappa shape index (κ3) is 16.3. The largest absolute Gasteiger partial charge is 0.469 e. The minimum atomic E-state index is -5.15. The highest BCUT2D eigenvalue weighted by molar-refractivity contribution is 7.46. The molecule has 0 radical (unpaired) electrons. The summed E-state index contributed by atoms with van der Waals surface area (Å²) in [5, 5.41) is 69.5. The number of aliphatic hydroxyl groups excluding tert-OH is 5. The standard InChI is InChI=1S/C49H79N4O15P/c1-28(19-21-50)15-13-16-29(2)31(4)23-32(5)41(56)34(7)37(54)24-40(64-12)44-45(68-69(60,61)62)48(8,9)49(67-44)25-38(55)33(6)39(66-49)18-14-17-35-26-65-47(53-35)30(3)20-22-52-46(59)43(58)42(57)36(51-10)27-63-11/h13-17,19,23,26,30,32-34,36-45,51,54-58H,18,20,22,24-25,27H2,1-12H3,(H,52,59)(H2,60,61,62)/b15-13+,17-14+,28-19-,29-16+,31-23+/t30-,32+,33-,34-,36-,37-,38+,39-,40-,41+,42-,43-,44+,45-,49-/m1/s1. The summed E-state index contributed by atoms with van der Waals surface area (Å²) in [6, 6.07) is 1.35. The highest BCUT2D eigenvalue weighted by Gasteiger charge is 2.68. The second kappa shape index (κ2) is 26.9. The number of hydrogen-bond donors (Lipinski definition) is 9. The van der Waals surface area contributed by atoms with Crippen LogP contribution in [-0.4, -0.2) is 147 Å². The number of hydrogen-bond acceptors (Lipinski definition) is 16. The van der Waals surface area contributed by atoms with Gasteiger partial charge in [-0.1, -0.05) is 77.5 Å². The molecular weight excluding hydrogens is 916 g/mol. The number of aromatic nitrogens is 1.